The molecule has 1 aromatic rings. The third-order valence-electron chi connectivity index (χ3n) is 2.12. The molecule has 1 atom stereocenters. The molecule has 0 aliphatic rings. The Bertz CT molecular complexity index is 415. The fourth-order valence-electron chi connectivity index (χ4n) is 0.994. The van der Waals surface area contributed by atoms with E-state index in [0.717, 1.165) is 0 Å². The lowest BCUT2D eigenvalue weighted by Crippen LogP contribution is -2.41. The summed E-state index contributed by atoms with van der Waals surface area (Å²) in [7, 11) is 0. The first-order valence-corrected chi connectivity index (χ1v) is 4.13. The van der Waals surface area contributed by atoms with Crippen LogP contribution in [0.2, 0.25) is 0 Å². The van der Waals surface area contributed by atoms with Crippen LogP contribution in [0.5, 0.6) is 0 Å². The number of hydrogen-bond acceptors (Lipinski definition) is 5. The van der Waals surface area contributed by atoms with Crippen molar-refractivity contribution in [2.24, 2.45) is 5.73 Å². The molecule has 0 radical (unpaired) electrons. The standard InChI is InChI=1S/C9H11N3O3/c1-9(11,8(14)15)6-2-5(4-13)7(10)12-3-6/h2-4H,11H2,1H3,(H2,10,12)(H,14,15)/t9-/m1/s1. The monoisotopic (exact) mass is 209 g/mol. The van der Waals surface area contributed by atoms with Gasteiger partial charge in [0, 0.05) is 11.8 Å². The van der Waals surface area contributed by atoms with Gasteiger partial charge in [0.1, 0.15) is 11.4 Å². The molecule has 0 unspecified atom stereocenters. The lowest BCUT2D eigenvalue weighted by atomic mass is 9.94. The van der Waals surface area contributed by atoms with Gasteiger partial charge in [0.25, 0.3) is 0 Å². The number of nitrogens with zero attached hydrogens (tertiary/aromatic N) is 1. The van der Waals surface area contributed by atoms with Crippen molar-refractivity contribution in [2.45, 2.75) is 12.5 Å². The largest absolute Gasteiger partial charge is 0.480 e. The summed E-state index contributed by atoms with van der Waals surface area (Å²) in [5, 5.41) is 8.86. The number of nitrogens with two attached hydrogens (primary N) is 2. The minimum atomic E-state index is -1.58. The highest BCUT2D eigenvalue weighted by Crippen LogP contribution is 2.19. The summed E-state index contributed by atoms with van der Waals surface area (Å²) in [5.41, 5.74) is 9.72. The van der Waals surface area contributed by atoms with Crippen LogP contribution < -0.4 is 11.5 Å². The van der Waals surface area contributed by atoms with E-state index in [-0.39, 0.29) is 16.9 Å². The number of hydrogen-bond donors (Lipinski definition) is 3. The molecule has 0 amide bonds. The first kappa shape index (κ1) is 11.1. The van der Waals surface area contributed by atoms with Gasteiger partial charge < -0.3 is 16.6 Å². The molecule has 0 fully saturated rings. The van der Waals surface area contributed by atoms with E-state index in [1.54, 1.807) is 0 Å². The minimum absolute atomic E-state index is 0.0509. The average molecular weight is 209 g/mol. The molecular formula is C9H11N3O3. The zero-order valence-corrected chi connectivity index (χ0v) is 8.10. The first-order chi connectivity index (χ1) is 6.89. The molecule has 6 nitrogen and oxygen atoms in total. The molecule has 0 spiro atoms. The zero-order valence-electron chi connectivity index (χ0n) is 8.10. The Morgan fingerprint density at radius 2 is 2.27 bits per heavy atom. The second-order valence-corrected chi connectivity index (χ2v) is 3.32. The molecule has 6 heteroatoms. The van der Waals surface area contributed by atoms with Crippen LogP contribution in [0.1, 0.15) is 22.8 Å². The summed E-state index contributed by atoms with van der Waals surface area (Å²) in [6.45, 7) is 1.32. The fraction of sp³-hybridized carbons (Fsp3) is 0.222. The quantitative estimate of drug-likeness (QED) is 0.590. The number of carboxylic acids is 1. The van der Waals surface area contributed by atoms with Gasteiger partial charge in [-0.1, -0.05) is 0 Å². The Labute approximate surface area is 85.9 Å². The van der Waals surface area contributed by atoms with E-state index >= 15 is 0 Å². The van der Waals surface area contributed by atoms with Gasteiger partial charge in [0.2, 0.25) is 0 Å². The molecule has 15 heavy (non-hydrogen) atoms. The Morgan fingerprint density at radius 1 is 1.67 bits per heavy atom. The molecule has 0 aliphatic carbocycles. The van der Waals surface area contributed by atoms with E-state index in [4.69, 9.17) is 16.6 Å². The van der Waals surface area contributed by atoms with Gasteiger partial charge in [-0.25, -0.2) is 9.78 Å². The van der Waals surface area contributed by atoms with E-state index in [0.29, 0.717) is 6.29 Å². The highest BCUT2D eigenvalue weighted by Gasteiger charge is 2.31. The van der Waals surface area contributed by atoms with Gasteiger partial charge >= 0.3 is 5.97 Å². The number of nitrogen functional groups attached to an aromatic ring is 1. The van der Waals surface area contributed by atoms with Crippen LogP contribution in [0.4, 0.5) is 5.82 Å². The van der Waals surface area contributed by atoms with Crippen molar-refractivity contribution in [3.8, 4) is 0 Å². The molecule has 0 saturated carbocycles. The molecule has 1 heterocycles. The second kappa shape index (κ2) is 3.66. The summed E-state index contributed by atoms with van der Waals surface area (Å²) >= 11 is 0. The SMILES string of the molecule is C[C@](N)(C(=O)O)c1cnc(N)c(C=O)c1. The molecule has 0 bridgehead atoms. The molecule has 5 N–H and O–H groups in total. The molecule has 0 saturated heterocycles. The number of carbonyl (C=O) groups is 2. The van der Waals surface area contributed by atoms with Crippen molar-refractivity contribution in [2.75, 3.05) is 5.73 Å². The van der Waals surface area contributed by atoms with Crippen LogP contribution in [0.15, 0.2) is 12.3 Å². The zero-order chi connectivity index (χ0) is 11.6. The maximum atomic E-state index is 10.8. The number of aliphatic carboxylic acids is 1. The van der Waals surface area contributed by atoms with Gasteiger partial charge in [-0.15, -0.1) is 0 Å². The van der Waals surface area contributed by atoms with Crippen LogP contribution in [-0.4, -0.2) is 22.3 Å². The van der Waals surface area contributed by atoms with E-state index < -0.39 is 11.5 Å². The van der Waals surface area contributed by atoms with Gasteiger partial charge in [0.05, 0.1) is 5.56 Å². The number of anilines is 1. The van der Waals surface area contributed by atoms with Gasteiger partial charge in [-0.05, 0) is 13.0 Å². The number of rotatable bonds is 3. The van der Waals surface area contributed by atoms with Crippen molar-refractivity contribution < 1.29 is 14.7 Å². The number of aromatic nitrogens is 1. The van der Waals surface area contributed by atoms with E-state index in [1.165, 1.54) is 19.2 Å². The van der Waals surface area contributed by atoms with E-state index in [9.17, 15) is 9.59 Å². The average Bonchev–Trinajstić information content (AvgIpc) is 2.18. The van der Waals surface area contributed by atoms with Crippen molar-refractivity contribution >= 4 is 18.1 Å². The van der Waals surface area contributed by atoms with Crippen molar-refractivity contribution in [3.63, 3.8) is 0 Å². The number of carbonyl (C=O) groups excluding carboxylic acids is 1. The maximum Gasteiger partial charge on any atom is 0.328 e. The lowest BCUT2D eigenvalue weighted by molar-refractivity contribution is -0.143. The minimum Gasteiger partial charge on any atom is -0.480 e. The number of carboxylic acid groups (broad SMARTS) is 1. The van der Waals surface area contributed by atoms with Crippen molar-refractivity contribution in [1.82, 2.24) is 4.98 Å². The van der Waals surface area contributed by atoms with Gasteiger partial charge in [-0.2, -0.15) is 0 Å². The fourth-order valence-corrected chi connectivity index (χ4v) is 0.994. The third-order valence-corrected chi connectivity index (χ3v) is 2.12. The van der Waals surface area contributed by atoms with Crippen LogP contribution >= 0.6 is 0 Å². The molecule has 0 aromatic carbocycles. The van der Waals surface area contributed by atoms with Crippen LogP contribution in [0.25, 0.3) is 0 Å². The normalized spacial score (nSPS) is 14.3. The molecule has 1 rings (SSSR count). The third kappa shape index (κ3) is 1.94. The van der Waals surface area contributed by atoms with Gasteiger partial charge in [-0.3, -0.25) is 4.79 Å². The van der Waals surface area contributed by atoms with Crippen LogP contribution in [-0.2, 0) is 10.3 Å². The summed E-state index contributed by atoms with van der Waals surface area (Å²) in [6, 6.07) is 1.32. The number of aldehydes is 1. The Hall–Kier alpha value is -1.95. The summed E-state index contributed by atoms with van der Waals surface area (Å²) in [6.07, 6.45) is 1.75. The summed E-state index contributed by atoms with van der Waals surface area (Å²) < 4.78 is 0. The molecule has 80 valence electrons. The van der Waals surface area contributed by atoms with Crippen LogP contribution in [0, 0.1) is 0 Å². The summed E-state index contributed by atoms with van der Waals surface area (Å²) in [5.74, 6) is -1.15. The van der Waals surface area contributed by atoms with Crippen molar-refractivity contribution in [3.05, 3.63) is 23.4 Å². The van der Waals surface area contributed by atoms with Crippen LogP contribution in [0.3, 0.4) is 0 Å². The Balaban J connectivity index is 3.28. The predicted octanol–water partition coefficient (Wildman–Crippen LogP) is -0.265. The highest BCUT2D eigenvalue weighted by atomic mass is 16.4. The first-order valence-electron chi connectivity index (χ1n) is 4.13. The second-order valence-electron chi connectivity index (χ2n) is 3.32. The lowest BCUT2D eigenvalue weighted by Gasteiger charge is -2.19. The summed E-state index contributed by atoms with van der Waals surface area (Å²) in [4.78, 5) is 25.1. The van der Waals surface area contributed by atoms with Gasteiger partial charge in [0.15, 0.2) is 6.29 Å². The molecule has 1 aromatic heterocycles. The highest BCUT2D eigenvalue weighted by molar-refractivity contribution is 5.84. The predicted molar refractivity (Wildman–Crippen MR) is 53.2 cm³/mol. The van der Waals surface area contributed by atoms with Crippen molar-refractivity contribution in [1.29, 1.82) is 0 Å². The maximum absolute atomic E-state index is 10.8. The molecule has 0 aliphatic heterocycles. The smallest absolute Gasteiger partial charge is 0.328 e. The number of pyridine rings is 1. The van der Waals surface area contributed by atoms with E-state index in [2.05, 4.69) is 4.98 Å². The topological polar surface area (TPSA) is 119 Å². The van der Waals surface area contributed by atoms with E-state index in [1.807, 2.05) is 0 Å². The Morgan fingerprint density at radius 3 is 2.73 bits per heavy atom. The molecular weight excluding hydrogens is 198 g/mol. The Kier molecular flexibility index (Phi) is 2.71.